The minimum Gasteiger partial charge on any atom is -0.372 e. The molecule has 0 bridgehead atoms. The molecule has 2 aromatic carbocycles. The summed E-state index contributed by atoms with van der Waals surface area (Å²) in [7, 11) is 0. The summed E-state index contributed by atoms with van der Waals surface area (Å²) >= 11 is 0. The highest BCUT2D eigenvalue weighted by Gasteiger charge is 2.15. The van der Waals surface area contributed by atoms with E-state index in [-0.39, 0.29) is 5.56 Å². The molecule has 122 valence electrons. The number of pyridine rings is 1. The smallest absolute Gasteiger partial charge is 0.256 e. The third kappa shape index (κ3) is 2.76. The summed E-state index contributed by atoms with van der Waals surface area (Å²) in [5.41, 5.74) is 5.60. The van der Waals surface area contributed by atoms with Crippen LogP contribution >= 0.6 is 0 Å². The largest absolute Gasteiger partial charge is 0.372 e. The Morgan fingerprint density at radius 2 is 1.92 bits per heavy atom. The van der Waals surface area contributed by atoms with Gasteiger partial charge in [-0.15, -0.1) is 0 Å². The maximum atomic E-state index is 12.8. The first-order chi connectivity index (χ1) is 11.7. The Morgan fingerprint density at radius 3 is 2.75 bits per heavy atom. The number of aromatic nitrogens is 1. The topological polar surface area (TPSA) is 31.2 Å². The molecule has 0 atom stereocenters. The second kappa shape index (κ2) is 6.25. The van der Waals surface area contributed by atoms with Crippen LogP contribution in [0, 0.1) is 6.92 Å². The molecule has 0 N–H and O–H groups in total. The Hall–Kier alpha value is -2.39. The summed E-state index contributed by atoms with van der Waals surface area (Å²) in [6.45, 7) is 3.75. The number of nitrogens with zero attached hydrogens (tertiary/aromatic N) is 1. The zero-order valence-electron chi connectivity index (χ0n) is 13.9. The molecule has 0 spiro atoms. The van der Waals surface area contributed by atoms with Crippen molar-refractivity contribution in [1.29, 1.82) is 0 Å². The first kappa shape index (κ1) is 15.2. The number of hydrogen-bond acceptors (Lipinski definition) is 2. The fourth-order valence-corrected chi connectivity index (χ4v) is 3.49. The van der Waals surface area contributed by atoms with Gasteiger partial charge in [0.2, 0.25) is 0 Å². The summed E-state index contributed by atoms with van der Waals surface area (Å²) in [6.07, 6.45) is 2.08. The van der Waals surface area contributed by atoms with Crippen molar-refractivity contribution in [3.8, 4) is 0 Å². The van der Waals surface area contributed by atoms with Crippen molar-refractivity contribution in [2.45, 2.75) is 39.5 Å². The van der Waals surface area contributed by atoms with Gasteiger partial charge in [0.15, 0.2) is 0 Å². The predicted octanol–water partition coefficient (Wildman–Crippen LogP) is 3.97. The van der Waals surface area contributed by atoms with E-state index in [9.17, 15) is 4.79 Å². The molecule has 0 fully saturated rings. The molecule has 1 aliphatic rings. The molecule has 2 heterocycles. The summed E-state index contributed by atoms with van der Waals surface area (Å²) in [4.78, 5) is 12.8. The van der Waals surface area contributed by atoms with Crippen molar-refractivity contribution >= 4 is 10.9 Å². The second-order valence-electron chi connectivity index (χ2n) is 6.56. The average Bonchev–Trinajstić information content (AvgIpc) is 2.61. The van der Waals surface area contributed by atoms with E-state index >= 15 is 0 Å². The van der Waals surface area contributed by atoms with E-state index in [4.69, 9.17) is 4.74 Å². The quantitative estimate of drug-likeness (QED) is 0.728. The van der Waals surface area contributed by atoms with Crippen LogP contribution in [0.1, 0.15) is 28.7 Å². The molecule has 0 amide bonds. The van der Waals surface area contributed by atoms with Crippen molar-refractivity contribution < 1.29 is 4.74 Å². The first-order valence-corrected chi connectivity index (χ1v) is 8.50. The van der Waals surface area contributed by atoms with Gasteiger partial charge in [-0.2, -0.15) is 0 Å². The van der Waals surface area contributed by atoms with Gasteiger partial charge in [0.05, 0.1) is 18.7 Å². The minimum atomic E-state index is 0.0959. The molecular weight excluding hydrogens is 298 g/mol. The standard InChI is InChI=1S/C21H21NO2/c1-15-7-9-16(10-8-15)13-24-14-19-12-18-5-2-4-17-6-3-11-22(20(17)18)21(19)23/h2,4-5,7-10,12H,3,6,11,13-14H2,1H3. The van der Waals surface area contributed by atoms with Crippen LogP contribution in [0.5, 0.6) is 0 Å². The van der Waals surface area contributed by atoms with E-state index in [1.807, 2.05) is 10.6 Å². The molecule has 0 saturated carbocycles. The molecule has 1 aromatic heterocycles. The molecular formula is C21H21NO2. The van der Waals surface area contributed by atoms with Gasteiger partial charge in [0, 0.05) is 12.1 Å². The normalized spacial score (nSPS) is 13.4. The molecule has 0 radical (unpaired) electrons. The lowest BCUT2D eigenvalue weighted by atomic mass is 10.0. The Bertz CT molecular complexity index is 938. The summed E-state index contributed by atoms with van der Waals surface area (Å²) in [5, 5.41) is 1.14. The molecule has 3 heteroatoms. The second-order valence-corrected chi connectivity index (χ2v) is 6.56. The van der Waals surface area contributed by atoms with Crippen LogP contribution in [0.2, 0.25) is 0 Å². The molecule has 24 heavy (non-hydrogen) atoms. The van der Waals surface area contributed by atoms with Crippen LogP contribution in [0.15, 0.2) is 53.3 Å². The number of rotatable bonds is 4. The Kier molecular flexibility index (Phi) is 3.95. The summed E-state index contributed by atoms with van der Waals surface area (Å²) in [6, 6.07) is 16.6. The van der Waals surface area contributed by atoms with Crippen LogP contribution in [0.3, 0.4) is 0 Å². The number of ether oxygens (including phenoxy) is 1. The van der Waals surface area contributed by atoms with Gasteiger partial charge in [-0.3, -0.25) is 4.79 Å². The Balaban J connectivity index is 1.60. The number of benzene rings is 2. The van der Waals surface area contributed by atoms with Crippen LogP contribution < -0.4 is 5.56 Å². The van der Waals surface area contributed by atoms with Gasteiger partial charge in [-0.1, -0.05) is 48.0 Å². The molecule has 1 aliphatic heterocycles. The van der Waals surface area contributed by atoms with Gasteiger partial charge < -0.3 is 9.30 Å². The van der Waals surface area contributed by atoms with Gasteiger partial charge >= 0.3 is 0 Å². The number of hydrogen-bond donors (Lipinski definition) is 0. The lowest BCUT2D eigenvalue weighted by molar-refractivity contribution is 0.106. The summed E-state index contributed by atoms with van der Waals surface area (Å²) < 4.78 is 7.74. The van der Waals surface area contributed by atoms with Crippen molar-refractivity contribution in [2.24, 2.45) is 0 Å². The van der Waals surface area contributed by atoms with E-state index in [1.165, 1.54) is 11.1 Å². The monoisotopic (exact) mass is 319 g/mol. The van der Waals surface area contributed by atoms with Gasteiger partial charge in [0.1, 0.15) is 0 Å². The highest BCUT2D eigenvalue weighted by atomic mass is 16.5. The maximum absolute atomic E-state index is 12.8. The van der Waals surface area contributed by atoms with Gasteiger partial charge in [0.25, 0.3) is 5.56 Å². The average molecular weight is 319 g/mol. The zero-order valence-corrected chi connectivity index (χ0v) is 13.9. The predicted molar refractivity (Wildman–Crippen MR) is 96.2 cm³/mol. The molecule has 0 aliphatic carbocycles. The molecule has 3 nitrogen and oxygen atoms in total. The Morgan fingerprint density at radius 1 is 1.08 bits per heavy atom. The van der Waals surface area contributed by atoms with E-state index in [2.05, 4.69) is 49.4 Å². The van der Waals surface area contributed by atoms with E-state index in [1.54, 1.807) is 0 Å². The van der Waals surface area contributed by atoms with Crippen LogP contribution in [-0.4, -0.2) is 4.57 Å². The highest BCUT2D eigenvalue weighted by molar-refractivity contribution is 5.83. The van der Waals surface area contributed by atoms with Crippen molar-refractivity contribution in [1.82, 2.24) is 4.57 Å². The molecule has 3 aromatic rings. The summed E-state index contributed by atoms with van der Waals surface area (Å²) in [5.74, 6) is 0. The SMILES string of the molecule is Cc1ccc(COCc2cc3cccc4c3n(c2=O)CCC4)cc1. The van der Waals surface area contributed by atoms with Crippen LogP contribution in [0.25, 0.3) is 10.9 Å². The third-order valence-electron chi connectivity index (χ3n) is 4.75. The van der Waals surface area contributed by atoms with E-state index in [0.29, 0.717) is 13.2 Å². The number of aryl methyl sites for hydroxylation is 3. The Labute approximate surface area is 141 Å². The molecule has 0 saturated heterocycles. The van der Waals surface area contributed by atoms with Crippen molar-refractivity contribution in [3.05, 3.63) is 81.1 Å². The fourth-order valence-electron chi connectivity index (χ4n) is 3.49. The fraction of sp³-hybridized carbons (Fsp3) is 0.286. The lowest BCUT2D eigenvalue weighted by Gasteiger charge is -2.20. The van der Waals surface area contributed by atoms with Crippen LogP contribution in [-0.2, 0) is 30.9 Å². The third-order valence-corrected chi connectivity index (χ3v) is 4.75. The van der Waals surface area contributed by atoms with Gasteiger partial charge in [-0.05, 0) is 42.3 Å². The first-order valence-electron chi connectivity index (χ1n) is 8.50. The minimum absolute atomic E-state index is 0.0959. The number of para-hydroxylation sites is 1. The molecule has 4 rings (SSSR count). The van der Waals surface area contributed by atoms with E-state index < -0.39 is 0 Å². The van der Waals surface area contributed by atoms with E-state index in [0.717, 1.165) is 41.4 Å². The zero-order chi connectivity index (χ0) is 16.5. The van der Waals surface area contributed by atoms with Gasteiger partial charge in [-0.25, -0.2) is 0 Å². The van der Waals surface area contributed by atoms with Crippen molar-refractivity contribution in [3.63, 3.8) is 0 Å². The van der Waals surface area contributed by atoms with Crippen LogP contribution in [0.4, 0.5) is 0 Å². The van der Waals surface area contributed by atoms with Crippen molar-refractivity contribution in [2.75, 3.05) is 0 Å². The maximum Gasteiger partial charge on any atom is 0.256 e. The highest BCUT2D eigenvalue weighted by Crippen LogP contribution is 2.24. The molecule has 0 unspecified atom stereocenters. The lowest BCUT2D eigenvalue weighted by Crippen LogP contribution is -2.27.